The number of aromatic nitrogens is 3. The molecule has 0 atom stereocenters. The molecule has 0 fully saturated rings. The Hall–Kier alpha value is -3.63. The van der Waals surface area contributed by atoms with E-state index in [9.17, 15) is 9.18 Å². The largest absolute Gasteiger partial charge is 0.438 e. The normalized spacial score (nSPS) is 11.2. The average Bonchev–Trinajstić information content (AvgIpc) is 3.21. The molecule has 2 N–H and O–H groups in total. The molecule has 3 rings (SSSR count). The van der Waals surface area contributed by atoms with Crippen LogP contribution in [0.2, 0.25) is 5.02 Å². The van der Waals surface area contributed by atoms with Crippen LogP contribution in [0.4, 0.5) is 20.8 Å². The van der Waals surface area contributed by atoms with Crippen LogP contribution in [0.25, 0.3) is 11.1 Å². The molecule has 2 amide bonds. The number of amides is 2. The van der Waals surface area contributed by atoms with Gasteiger partial charge < -0.3 is 14.3 Å². The minimum absolute atomic E-state index is 0.00894. The maximum atomic E-state index is 14.5. The predicted molar refractivity (Wildman–Crippen MR) is 103 cm³/mol. The molecule has 11 heteroatoms. The van der Waals surface area contributed by atoms with E-state index in [0.29, 0.717) is 5.89 Å². The van der Waals surface area contributed by atoms with Gasteiger partial charge in [0.1, 0.15) is 23.3 Å². The number of hydrogen-bond acceptors (Lipinski definition) is 6. The van der Waals surface area contributed by atoms with E-state index >= 15 is 0 Å². The van der Waals surface area contributed by atoms with Gasteiger partial charge in [0.25, 0.3) is 0 Å². The first-order chi connectivity index (χ1) is 13.6. The molecule has 0 radical (unpaired) electrons. The van der Waals surface area contributed by atoms with Gasteiger partial charge in [-0.05, 0) is 6.07 Å². The Balaban J connectivity index is 1.97. The second-order valence-electron chi connectivity index (χ2n) is 7.16. The molecule has 2 aromatic heterocycles. The summed E-state index contributed by atoms with van der Waals surface area (Å²) in [4.78, 5) is 20.6. The average molecular weight is 416 g/mol. The third-order valence-electron chi connectivity index (χ3n) is 3.99. The fourth-order valence-corrected chi connectivity index (χ4v) is 2.74. The van der Waals surface area contributed by atoms with E-state index < -0.39 is 17.3 Å². The smallest absolute Gasteiger partial charge is 0.326 e. The van der Waals surface area contributed by atoms with Crippen LogP contribution >= 0.6 is 11.6 Å². The maximum absolute atomic E-state index is 14.5. The molecule has 1 aromatic carbocycles. The van der Waals surface area contributed by atoms with Gasteiger partial charge in [-0.1, -0.05) is 32.4 Å². The number of nitrogens with zero attached hydrogens (tertiary/aromatic N) is 5. The van der Waals surface area contributed by atoms with Gasteiger partial charge in [-0.3, -0.25) is 5.32 Å². The van der Waals surface area contributed by atoms with Crippen molar-refractivity contribution in [3.63, 3.8) is 0 Å². The number of imidazole rings is 1. The van der Waals surface area contributed by atoms with Crippen LogP contribution in [0.15, 0.2) is 10.5 Å². The first-order valence-corrected chi connectivity index (χ1v) is 8.68. The Morgan fingerprint density at radius 2 is 1.97 bits per heavy atom. The molecule has 0 aliphatic heterocycles. The van der Waals surface area contributed by atoms with Gasteiger partial charge in [0, 0.05) is 12.5 Å². The molecule has 0 bridgehead atoms. The number of fused-ring (bicyclic) bond motifs is 1. The zero-order chi connectivity index (χ0) is 21.5. The van der Waals surface area contributed by atoms with E-state index in [2.05, 4.69) is 20.6 Å². The zero-order valence-corrected chi connectivity index (χ0v) is 16.6. The fraction of sp³-hybridized carbons (Fsp3) is 0.278. The summed E-state index contributed by atoms with van der Waals surface area (Å²) in [5.41, 5.74) is -0.676. The zero-order valence-electron chi connectivity index (χ0n) is 15.9. The molecule has 0 aliphatic carbocycles. The fourth-order valence-electron chi connectivity index (χ4n) is 2.51. The van der Waals surface area contributed by atoms with Gasteiger partial charge >= 0.3 is 6.03 Å². The van der Waals surface area contributed by atoms with Crippen LogP contribution in [0.5, 0.6) is 0 Å². The van der Waals surface area contributed by atoms with Gasteiger partial charge in [-0.25, -0.2) is 19.2 Å². The quantitative estimate of drug-likeness (QED) is 0.648. The SMILES string of the molecule is Cn1c(NC(=O)Nc2c(F)cc(Cl)c3nc(C(C)(C)C)oc23)nc(C#N)c1C#N. The monoisotopic (exact) mass is 415 g/mol. The Labute approximate surface area is 169 Å². The number of carbonyl (C=O) groups excluding carboxylic acids is 1. The third kappa shape index (κ3) is 3.58. The number of anilines is 2. The molecule has 9 nitrogen and oxygen atoms in total. The molecule has 0 unspecified atom stereocenters. The van der Waals surface area contributed by atoms with Gasteiger partial charge in [0.05, 0.1) is 5.02 Å². The van der Waals surface area contributed by atoms with E-state index in [1.165, 1.54) is 11.6 Å². The van der Waals surface area contributed by atoms with E-state index in [-0.39, 0.29) is 39.1 Å². The number of oxazole rings is 1. The predicted octanol–water partition coefficient (Wildman–Crippen LogP) is 4.04. The Bertz CT molecular complexity index is 1220. The van der Waals surface area contributed by atoms with Crippen LogP contribution in [0.1, 0.15) is 38.0 Å². The summed E-state index contributed by atoms with van der Waals surface area (Å²) >= 11 is 6.07. The molecule has 29 heavy (non-hydrogen) atoms. The highest BCUT2D eigenvalue weighted by molar-refractivity contribution is 6.35. The van der Waals surface area contributed by atoms with Crippen molar-refractivity contribution in [3.05, 3.63) is 34.2 Å². The lowest BCUT2D eigenvalue weighted by atomic mass is 9.97. The van der Waals surface area contributed by atoms with E-state index in [4.69, 9.17) is 26.5 Å². The highest BCUT2D eigenvalue weighted by atomic mass is 35.5. The summed E-state index contributed by atoms with van der Waals surface area (Å²) in [7, 11) is 1.45. The van der Waals surface area contributed by atoms with Crippen molar-refractivity contribution in [1.29, 1.82) is 10.5 Å². The molecule has 2 heterocycles. The number of nitrogens with one attached hydrogen (secondary N) is 2. The van der Waals surface area contributed by atoms with Gasteiger partial charge in [-0.15, -0.1) is 0 Å². The van der Waals surface area contributed by atoms with Crippen LogP contribution < -0.4 is 10.6 Å². The van der Waals surface area contributed by atoms with Gasteiger partial charge in [0.2, 0.25) is 11.8 Å². The number of nitriles is 2. The van der Waals surface area contributed by atoms with Crippen molar-refractivity contribution in [3.8, 4) is 12.1 Å². The number of hydrogen-bond donors (Lipinski definition) is 2. The van der Waals surface area contributed by atoms with E-state index in [0.717, 1.165) is 6.07 Å². The topological polar surface area (TPSA) is 133 Å². The van der Waals surface area contributed by atoms with Crippen LogP contribution in [0, 0.1) is 28.5 Å². The molecule has 0 spiro atoms. The molecule has 0 aliphatic rings. The first kappa shape index (κ1) is 20.1. The van der Waals surface area contributed by atoms with Gasteiger partial charge in [0.15, 0.2) is 22.8 Å². The van der Waals surface area contributed by atoms with Gasteiger partial charge in [-0.2, -0.15) is 10.5 Å². The number of urea groups is 1. The van der Waals surface area contributed by atoms with Crippen molar-refractivity contribution in [2.24, 2.45) is 7.05 Å². The number of carbonyl (C=O) groups is 1. The second-order valence-corrected chi connectivity index (χ2v) is 7.56. The van der Waals surface area contributed by atoms with Crippen molar-refractivity contribution in [2.45, 2.75) is 26.2 Å². The second kappa shape index (κ2) is 7.08. The lowest BCUT2D eigenvalue weighted by Gasteiger charge is -2.12. The minimum atomic E-state index is -0.858. The summed E-state index contributed by atoms with van der Waals surface area (Å²) in [5.74, 6) is -0.552. The Morgan fingerprint density at radius 1 is 1.28 bits per heavy atom. The van der Waals surface area contributed by atoms with Crippen LogP contribution in [0.3, 0.4) is 0 Å². The highest BCUT2D eigenvalue weighted by Gasteiger charge is 2.26. The van der Waals surface area contributed by atoms with E-state index in [1.807, 2.05) is 26.8 Å². The summed E-state index contributed by atoms with van der Waals surface area (Å²) in [6.07, 6.45) is 0. The first-order valence-electron chi connectivity index (χ1n) is 8.30. The lowest BCUT2D eigenvalue weighted by Crippen LogP contribution is -2.22. The maximum Gasteiger partial charge on any atom is 0.326 e. The summed E-state index contributed by atoms with van der Waals surface area (Å²) in [6, 6.07) is 3.75. The Kier molecular flexibility index (Phi) is 4.91. The number of benzene rings is 1. The molecule has 0 saturated heterocycles. The van der Waals surface area contributed by atoms with E-state index in [1.54, 1.807) is 6.07 Å². The molecular formula is C18H15ClFN7O2. The van der Waals surface area contributed by atoms with Crippen molar-refractivity contribution < 1.29 is 13.6 Å². The van der Waals surface area contributed by atoms with Crippen molar-refractivity contribution in [1.82, 2.24) is 14.5 Å². The number of halogens is 2. The summed E-state index contributed by atoms with van der Waals surface area (Å²) < 4.78 is 21.4. The molecule has 0 saturated carbocycles. The standard InChI is InChI=1S/C18H15ClFN7O2/c1-18(2,3)15-24-12-8(19)5-9(20)13(14(12)29-15)25-17(28)26-16-23-10(6-21)11(7-22)27(16)4/h5H,1-4H3,(H2,23,25,26,28). The highest BCUT2D eigenvalue weighted by Crippen LogP contribution is 2.36. The summed E-state index contributed by atoms with van der Waals surface area (Å²) in [5, 5.41) is 22.9. The summed E-state index contributed by atoms with van der Waals surface area (Å²) in [6.45, 7) is 5.59. The Morgan fingerprint density at radius 3 is 2.52 bits per heavy atom. The molecule has 3 aromatic rings. The number of rotatable bonds is 2. The third-order valence-corrected chi connectivity index (χ3v) is 4.27. The molecule has 148 valence electrons. The lowest BCUT2D eigenvalue weighted by molar-refractivity contribution is 0.262. The molecular weight excluding hydrogens is 401 g/mol. The van der Waals surface area contributed by atoms with Crippen molar-refractivity contribution >= 4 is 40.4 Å². The van der Waals surface area contributed by atoms with Crippen LogP contribution in [-0.2, 0) is 12.5 Å². The van der Waals surface area contributed by atoms with Crippen molar-refractivity contribution in [2.75, 3.05) is 10.6 Å². The minimum Gasteiger partial charge on any atom is -0.438 e. The van der Waals surface area contributed by atoms with Crippen LogP contribution in [-0.4, -0.2) is 20.6 Å².